The van der Waals surface area contributed by atoms with E-state index in [1.54, 1.807) is 49.6 Å². The van der Waals surface area contributed by atoms with E-state index >= 15 is 0 Å². The van der Waals surface area contributed by atoms with Crippen LogP contribution in [0.25, 0.3) is 15.8 Å². The molecule has 0 unspecified atom stereocenters. The lowest BCUT2D eigenvalue weighted by atomic mass is 9.89. The predicted octanol–water partition coefficient (Wildman–Crippen LogP) is 4.97. The number of aliphatic carboxylic acids is 1. The summed E-state index contributed by atoms with van der Waals surface area (Å²) in [6.45, 7) is 1.91. The van der Waals surface area contributed by atoms with Crippen LogP contribution >= 0.6 is 11.5 Å². The summed E-state index contributed by atoms with van der Waals surface area (Å²) in [7, 11) is 1.60. The molecule has 1 heterocycles. The Morgan fingerprint density at radius 2 is 1.78 bits per heavy atom. The molecule has 0 saturated heterocycles. The third-order valence-corrected chi connectivity index (χ3v) is 5.91. The molecule has 0 aliphatic rings. The van der Waals surface area contributed by atoms with Gasteiger partial charge in [-0.3, -0.25) is 4.79 Å². The maximum Gasteiger partial charge on any atom is 0.336 e. The molecule has 0 bridgehead atoms. The van der Waals surface area contributed by atoms with Crippen molar-refractivity contribution < 1.29 is 19.4 Å². The molecule has 4 aromatic rings. The minimum Gasteiger partial charge on any atom is -0.496 e. The zero-order valence-corrected chi connectivity index (χ0v) is 18.3. The van der Waals surface area contributed by atoms with E-state index in [0.717, 1.165) is 21.6 Å². The highest BCUT2D eigenvalue weighted by Gasteiger charge is 2.24. The fraction of sp³-hybridized carbons (Fsp3) is 0.120. The lowest BCUT2D eigenvalue weighted by Crippen LogP contribution is -2.14. The van der Waals surface area contributed by atoms with Crippen LogP contribution in [0.5, 0.6) is 5.75 Å². The molecule has 0 atom stereocenters. The van der Waals surface area contributed by atoms with Crippen molar-refractivity contribution in [3.63, 3.8) is 0 Å². The van der Waals surface area contributed by atoms with Crippen LogP contribution in [0.4, 0.5) is 0 Å². The maximum absolute atomic E-state index is 13.5. The average molecular weight is 445 g/mol. The van der Waals surface area contributed by atoms with Gasteiger partial charge in [0, 0.05) is 17.6 Å². The molecule has 160 valence electrons. The van der Waals surface area contributed by atoms with Crippen molar-refractivity contribution in [1.29, 1.82) is 0 Å². The number of rotatable bonds is 7. The normalized spacial score (nSPS) is 11.8. The highest BCUT2D eigenvalue weighted by molar-refractivity contribution is 7.12. The Kier molecular flexibility index (Phi) is 6.09. The number of nitrogens with zero attached hydrogens (tertiary/aromatic N) is 2. The number of benzene rings is 3. The number of hydrogen-bond acceptors (Lipinski definition) is 6. The number of Topliss-reactive ketones (excluding diaryl/α,β-unsaturated/α-hetero) is 1. The van der Waals surface area contributed by atoms with Gasteiger partial charge in [0.25, 0.3) is 0 Å². The fourth-order valence-electron chi connectivity index (χ4n) is 3.66. The molecule has 0 aliphatic heterocycles. The predicted molar refractivity (Wildman–Crippen MR) is 124 cm³/mol. The Bertz CT molecular complexity index is 1340. The van der Waals surface area contributed by atoms with Crippen molar-refractivity contribution in [1.82, 2.24) is 9.59 Å². The van der Waals surface area contributed by atoms with E-state index in [1.807, 2.05) is 31.2 Å². The first-order valence-corrected chi connectivity index (χ1v) is 10.7. The summed E-state index contributed by atoms with van der Waals surface area (Å²) >= 11 is 1.23. The van der Waals surface area contributed by atoms with Gasteiger partial charge < -0.3 is 9.84 Å². The van der Waals surface area contributed by atoms with Crippen LogP contribution in [0, 0.1) is 6.92 Å². The van der Waals surface area contributed by atoms with E-state index in [0.29, 0.717) is 16.6 Å². The van der Waals surface area contributed by atoms with Gasteiger partial charge in [0.1, 0.15) is 11.3 Å². The highest BCUT2D eigenvalue weighted by Crippen LogP contribution is 2.29. The number of methoxy groups -OCH3 is 1. The number of hydrogen-bond donors (Lipinski definition) is 1. The second-order valence-corrected chi connectivity index (χ2v) is 8.08. The summed E-state index contributed by atoms with van der Waals surface area (Å²) in [6.07, 6.45) is 0.160. The van der Waals surface area contributed by atoms with Gasteiger partial charge in [0.05, 0.1) is 17.4 Å². The molecule has 4 rings (SSSR count). The monoisotopic (exact) mass is 444 g/mol. The molecule has 0 amide bonds. The lowest BCUT2D eigenvalue weighted by Gasteiger charge is -2.14. The Balaban J connectivity index is 1.90. The van der Waals surface area contributed by atoms with Crippen molar-refractivity contribution in [2.24, 2.45) is 0 Å². The number of carboxylic acid groups (broad SMARTS) is 1. The fourth-order valence-corrected chi connectivity index (χ4v) is 4.20. The second kappa shape index (κ2) is 9.11. The minimum absolute atomic E-state index is 0.0396. The van der Waals surface area contributed by atoms with Crippen LogP contribution in [0.2, 0.25) is 0 Å². The molecule has 3 aromatic carbocycles. The molecule has 0 radical (unpaired) electrons. The van der Waals surface area contributed by atoms with E-state index in [2.05, 4.69) is 9.59 Å². The summed E-state index contributed by atoms with van der Waals surface area (Å²) in [4.78, 5) is 26.0. The number of carbonyl (C=O) groups excluding carboxylic acids is 1. The first-order valence-electron chi connectivity index (χ1n) is 9.90. The molecule has 7 heteroatoms. The van der Waals surface area contributed by atoms with Crippen molar-refractivity contribution in [3.8, 4) is 5.75 Å². The van der Waals surface area contributed by atoms with Crippen molar-refractivity contribution in [2.45, 2.75) is 13.3 Å². The molecule has 32 heavy (non-hydrogen) atoms. The molecule has 6 nitrogen and oxygen atoms in total. The topological polar surface area (TPSA) is 89.4 Å². The highest BCUT2D eigenvalue weighted by atomic mass is 32.1. The molecule has 0 fully saturated rings. The van der Waals surface area contributed by atoms with E-state index in [1.165, 1.54) is 11.5 Å². The molecule has 0 spiro atoms. The van der Waals surface area contributed by atoms with Crippen molar-refractivity contribution in [2.75, 3.05) is 7.11 Å². The number of ketones is 1. The van der Waals surface area contributed by atoms with Gasteiger partial charge in [-0.15, -0.1) is 5.10 Å². The van der Waals surface area contributed by atoms with Crippen molar-refractivity contribution in [3.05, 3.63) is 94.6 Å². The van der Waals surface area contributed by atoms with Crippen LogP contribution < -0.4 is 4.74 Å². The maximum atomic E-state index is 13.5. The number of carboxylic acids is 1. The van der Waals surface area contributed by atoms with Gasteiger partial charge >= 0.3 is 5.97 Å². The Morgan fingerprint density at radius 3 is 2.47 bits per heavy atom. The zero-order valence-electron chi connectivity index (χ0n) is 17.5. The summed E-state index contributed by atoms with van der Waals surface area (Å²) in [5.41, 5.74) is 3.34. The molecular weight excluding hydrogens is 424 g/mol. The SMILES string of the molecule is COc1ccc(CC(C(=O)c2ccccc2)=C(C(=O)O)c2ccc3snnc3c2)cc1C. The molecule has 0 aliphatic carbocycles. The third kappa shape index (κ3) is 4.29. The van der Waals surface area contributed by atoms with Crippen LogP contribution in [0.3, 0.4) is 0 Å². The van der Waals surface area contributed by atoms with E-state index in [9.17, 15) is 14.7 Å². The molecular formula is C25H20N2O4S. The summed E-state index contributed by atoms with van der Waals surface area (Å²) in [5.74, 6) is -0.765. The van der Waals surface area contributed by atoms with Crippen LogP contribution in [-0.2, 0) is 11.2 Å². The second-order valence-electron chi connectivity index (χ2n) is 7.29. The number of aryl methyl sites for hydroxylation is 1. The van der Waals surface area contributed by atoms with Gasteiger partial charge in [-0.1, -0.05) is 53.0 Å². The van der Waals surface area contributed by atoms with Crippen LogP contribution in [-0.4, -0.2) is 33.6 Å². The number of ether oxygens (including phenoxy) is 1. The minimum atomic E-state index is -1.17. The average Bonchev–Trinajstić information content (AvgIpc) is 3.27. The van der Waals surface area contributed by atoms with Gasteiger partial charge in [0.15, 0.2) is 5.78 Å². The smallest absolute Gasteiger partial charge is 0.336 e. The zero-order chi connectivity index (χ0) is 22.7. The van der Waals surface area contributed by atoms with Crippen LogP contribution in [0.15, 0.2) is 72.3 Å². The molecule has 1 N–H and O–H groups in total. The van der Waals surface area contributed by atoms with Gasteiger partial charge in [0.2, 0.25) is 0 Å². The quantitative estimate of drug-likeness (QED) is 0.320. The van der Waals surface area contributed by atoms with Gasteiger partial charge in [-0.2, -0.15) is 0 Å². The summed E-state index contributed by atoms with van der Waals surface area (Å²) < 4.78 is 10.1. The lowest BCUT2D eigenvalue weighted by molar-refractivity contribution is -0.130. The Hall–Kier alpha value is -3.84. The third-order valence-electron chi connectivity index (χ3n) is 5.20. The Morgan fingerprint density at radius 1 is 1.00 bits per heavy atom. The van der Waals surface area contributed by atoms with E-state index in [4.69, 9.17) is 4.74 Å². The number of allylic oxidation sites excluding steroid dienone is 1. The number of aromatic nitrogens is 2. The first kappa shape index (κ1) is 21.4. The summed E-state index contributed by atoms with van der Waals surface area (Å²) in [6, 6.07) is 19.4. The largest absolute Gasteiger partial charge is 0.496 e. The molecule has 1 aromatic heterocycles. The van der Waals surface area contributed by atoms with Crippen molar-refractivity contribution >= 4 is 39.1 Å². The molecule has 0 saturated carbocycles. The standard InChI is InChI=1S/C25H20N2O4S/c1-15-12-16(8-10-21(15)31-2)13-19(24(28)17-6-4-3-5-7-17)23(25(29)30)18-9-11-22-20(14-18)26-27-32-22/h3-12,14H,13H2,1-2H3,(H,29,30). The Labute approximate surface area is 189 Å². The summed E-state index contributed by atoms with van der Waals surface area (Å²) in [5, 5.41) is 14.2. The van der Waals surface area contributed by atoms with Crippen LogP contribution in [0.1, 0.15) is 27.0 Å². The number of fused-ring (bicyclic) bond motifs is 1. The first-order chi connectivity index (χ1) is 15.5. The van der Waals surface area contributed by atoms with E-state index in [-0.39, 0.29) is 23.4 Å². The number of carbonyl (C=O) groups is 2. The van der Waals surface area contributed by atoms with Gasteiger partial charge in [-0.05, 0) is 53.3 Å². The van der Waals surface area contributed by atoms with E-state index < -0.39 is 5.97 Å². The van der Waals surface area contributed by atoms with Gasteiger partial charge in [-0.25, -0.2) is 4.79 Å².